The van der Waals surface area contributed by atoms with E-state index in [1.807, 2.05) is 6.92 Å². The summed E-state index contributed by atoms with van der Waals surface area (Å²) in [6.45, 7) is 6.21. The first kappa shape index (κ1) is 8.76. The molecule has 0 nitrogen and oxygen atoms in total. The van der Waals surface area contributed by atoms with Gasteiger partial charge in [0.1, 0.15) is 6.17 Å². The second kappa shape index (κ2) is 3.38. The molecule has 1 aliphatic carbocycles. The largest absolute Gasteiger partial charge is 0.247 e. The first-order valence-corrected chi connectivity index (χ1v) is 4.42. The molecule has 0 spiro atoms. The third-order valence-electron chi connectivity index (χ3n) is 2.76. The molecule has 0 N–H and O–H groups in total. The lowest BCUT2D eigenvalue weighted by atomic mass is 9.92. The third-order valence-corrected chi connectivity index (χ3v) is 2.76. The second-order valence-corrected chi connectivity index (χ2v) is 3.79. The Labute approximate surface area is 68.5 Å². The summed E-state index contributed by atoms with van der Waals surface area (Å²) >= 11 is 0. The summed E-state index contributed by atoms with van der Waals surface area (Å²) in [5.74, 6) is 0.611. The molecule has 0 radical (unpaired) electrons. The van der Waals surface area contributed by atoms with Gasteiger partial charge in [0.15, 0.2) is 0 Å². The Morgan fingerprint density at radius 2 is 2.09 bits per heavy atom. The van der Waals surface area contributed by atoms with Gasteiger partial charge in [0, 0.05) is 0 Å². The maximum absolute atomic E-state index is 13.2. The van der Waals surface area contributed by atoms with E-state index in [0.717, 1.165) is 6.42 Å². The van der Waals surface area contributed by atoms with Gasteiger partial charge in [0.2, 0.25) is 0 Å². The molecular weight excluding hydrogens is 139 g/mol. The molecule has 11 heavy (non-hydrogen) atoms. The van der Waals surface area contributed by atoms with Gasteiger partial charge < -0.3 is 0 Å². The van der Waals surface area contributed by atoms with E-state index in [0.29, 0.717) is 12.3 Å². The number of rotatable bonds is 0. The van der Waals surface area contributed by atoms with E-state index in [1.54, 1.807) is 0 Å². The Balaban J connectivity index is 2.68. The minimum Gasteiger partial charge on any atom is -0.247 e. The van der Waals surface area contributed by atoms with Crippen molar-refractivity contribution in [1.29, 1.82) is 0 Å². The zero-order valence-electron chi connectivity index (χ0n) is 7.60. The summed E-state index contributed by atoms with van der Waals surface area (Å²) in [7, 11) is 0. The zero-order chi connectivity index (χ0) is 8.43. The minimum atomic E-state index is -0.598. The van der Waals surface area contributed by atoms with E-state index in [2.05, 4.69) is 19.9 Å². The lowest BCUT2D eigenvalue weighted by molar-refractivity contribution is 0.202. The van der Waals surface area contributed by atoms with Crippen molar-refractivity contribution in [3.63, 3.8) is 0 Å². The molecule has 1 heteroatoms. The molecule has 0 amide bonds. The van der Waals surface area contributed by atoms with Gasteiger partial charge in [0.05, 0.1) is 0 Å². The van der Waals surface area contributed by atoms with Crippen LogP contribution in [-0.2, 0) is 0 Å². The van der Waals surface area contributed by atoms with Crippen molar-refractivity contribution in [3.8, 4) is 0 Å². The van der Waals surface area contributed by atoms with Gasteiger partial charge >= 0.3 is 0 Å². The normalized spacial score (nSPS) is 39.6. The molecule has 0 aliphatic heterocycles. The minimum absolute atomic E-state index is 0.201. The van der Waals surface area contributed by atoms with Crippen LogP contribution < -0.4 is 0 Å². The van der Waals surface area contributed by atoms with Crippen LogP contribution in [0.3, 0.4) is 0 Å². The van der Waals surface area contributed by atoms with Crippen LogP contribution in [0.5, 0.6) is 0 Å². The molecule has 0 heterocycles. The van der Waals surface area contributed by atoms with Crippen molar-refractivity contribution in [3.05, 3.63) is 11.6 Å². The van der Waals surface area contributed by atoms with Gasteiger partial charge in [-0.3, -0.25) is 0 Å². The highest BCUT2D eigenvalue weighted by atomic mass is 19.1. The zero-order valence-corrected chi connectivity index (χ0v) is 7.60. The van der Waals surface area contributed by atoms with Crippen LogP contribution in [-0.4, -0.2) is 6.17 Å². The van der Waals surface area contributed by atoms with E-state index < -0.39 is 6.17 Å². The fourth-order valence-electron chi connectivity index (χ4n) is 1.64. The van der Waals surface area contributed by atoms with E-state index in [4.69, 9.17) is 0 Å². The highest BCUT2D eigenvalue weighted by molar-refractivity contribution is 5.05. The van der Waals surface area contributed by atoms with Crippen LogP contribution in [0.2, 0.25) is 0 Å². The molecule has 0 bridgehead atoms. The van der Waals surface area contributed by atoms with Crippen LogP contribution in [0.4, 0.5) is 4.39 Å². The fraction of sp³-hybridized carbons (Fsp3) is 0.800. The SMILES string of the molecule is CC1=CC(C)C(C)C(F)CC1. The Bertz CT molecular complexity index is 160. The van der Waals surface area contributed by atoms with Crippen molar-refractivity contribution in [1.82, 2.24) is 0 Å². The quantitative estimate of drug-likeness (QED) is 0.472. The van der Waals surface area contributed by atoms with E-state index >= 15 is 0 Å². The van der Waals surface area contributed by atoms with Crippen molar-refractivity contribution < 1.29 is 4.39 Å². The first-order valence-electron chi connectivity index (χ1n) is 4.42. The molecule has 1 rings (SSSR count). The monoisotopic (exact) mass is 156 g/mol. The Kier molecular flexibility index (Phi) is 2.69. The molecule has 3 atom stereocenters. The van der Waals surface area contributed by atoms with Gasteiger partial charge in [0.25, 0.3) is 0 Å². The van der Waals surface area contributed by atoms with Crippen molar-refractivity contribution >= 4 is 0 Å². The summed E-state index contributed by atoms with van der Waals surface area (Å²) < 4.78 is 13.2. The summed E-state index contributed by atoms with van der Waals surface area (Å²) in [5.41, 5.74) is 1.35. The highest BCUT2D eigenvalue weighted by Gasteiger charge is 2.23. The Morgan fingerprint density at radius 1 is 1.45 bits per heavy atom. The fourth-order valence-corrected chi connectivity index (χ4v) is 1.64. The number of allylic oxidation sites excluding steroid dienone is 2. The topological polar surface area (TPSA) is 0 Å². The molecule has 1 aliphatic rings. The molecule has 0 aromatic heterocycles. The third kappa shape index (κ3) is 2.05. The van der Waals surface area contributed by atoms with E-state index in [9.17, 15) is 4.39 Å². The average molecular weight is 156 g/mol. The average Bonchev–Trinajstić information content (AvgIpc) is 2.05. The van der Waals surface area contributed by atoms with Gasteiger partial charge in [-0.15, -0.1) is 0 Å². The van der Waals surface area contributed by atoms with Crippen molar-refractivity contribution in [2.75, 3.05) is 0 Å². The number of hydrogen-bond donors (Lipinski definition) is 0. The Hall–Kier alpha value is -0.330. The number of halogens is 1. The van der Waals surface area contributed by atoms with Crippen LogP contribution in [0.15, 0.2) is 11.6 Å². The molecule has 0 aromatic carbocycles. The smallest absolute Gasteiger partial charge is 0.104 e. The standard InChI is InChI=1S/C10H17F/c1-7-4-5-10(11)9(3)8(2)6-7/h6,8-10H,4-5H2,1-3H3. The van der Waals surface area contributed by atoms with Gasteiger partial charge in [-0.2, -0.15) is 0 Å². The molecule has 0 saturated heterocycles. The first-order chi connectivity index (χ1) is 5.11. The van der Waals surface area contributed by atoms with E-state index in [-0.39, 0.29) is 5.92 Å². The summed E-state index contributed by atoms with van der Waals surface area (Å²) in [6.07, 6.45) is 3.27. The van der Waals surface area contributed by atoms with Crippen LogP contribution >= 0.6 is 0 Å². The van der Waals surface area contributed by atoms with Gasteiger partial charge in [-0.25, -0.2) is 4.39 Å². The maximum Gasteiger partial charge on any atom is 0.104 e. The lowest BCUT2D eigenvalue weighted by Crippen LogP contribution is -2.16. The van der Waals surface area contributed by atoms with Crippen LogP contribution in [0.25, 0.3) is 0 Å². The second-order valence-electron chi connectivity index (χ2n) is 3.79. The van der Waals surface area contributed by atoms with E-state index in [1.165, 1.54) is 5.57 Å². The predicted octanol–water partition coefficient (Wildman–Crippen LogP) is 3.34. The highest BCUT2D eigenvalue weighted by Crippen LogP contribution is 2.28. The molecule has 3 unspecified atom stereocenters. The number of alkyl halides is 1. The summed E-state index contributed by atoms with van der Waals surface area (Å²) in [6, 6.07) is 0. The number of hydrogen-bond acceptors (Lipinski definition) is 0. The molecule has 0 aromatic rings. The Morgan fingerprint density at radius 3 is 2.73 bits per heavy atom. The van der Waals surface area contributed by atoms with Gasteiger partial charge in [-0.05, 0) is 31.6 Å². The lowest BCUT2D eigenvalue weighted by Gasteiger charge is -2.17. The van der Waals surface area contributed by atoms with Crippen LogP contribution in [0, 0.1) is 11.8 Å². The summed E-state index contributed by atoms with van der Waals surface area (Å²) in [4.78, 5) is 0. The maximum atomic E-state index is 13.2. The van der Waals surface area contributed by atoms with Gasteiger partial charge in [-0.1, -0.05) is 25.5 Å². The molecule has 64 valence electrons. The van der Waals surface area contributed by atoms with Crippen LogP contribution in [0.1, 0.15) is 33.6 Å². The summed E-state index contributed by atoms with van der Waals surface area (Å²) in [5, 5.41) is 0. The predicted molar refractivity (Wildman–Crippen MR) is 46.2 cm³/mol. The van der Waals surface area contributed by atoms with Crippen molar-refractivity contribution in [2.45, 2.75) is 39.8 Å². The van der Waals surface area contributed by atoms with Crippen molar-refractivity contribution in [2.24, 2.45) is 11.8 Å². The molecular formula is C10H17F. The molecule has 0 saturated carbocycles. The molecule has 0 fully saturated rings.